The third-order valence-electron chi connectivity index (χ3n) is 2.23. The van der Waals surface area contributed by atoms with Crippen LogP contribution in [-0.2, 0) is 0 Å². The molecule has 7 heteroatoms. The van der Waals surface area contributed by atoms with Crippen molar-refractivity contribution in [2.24, 2.45) is 0 Å². The van der Waals surface area contributed by atoms with E-state index in [-0.39, 0.29) is 0 Å². The van der Waals surface area contributed by atoms with Crippen LogP contribution in [0.15, 0.2) is 22.6 Å². The minimum absolute atomic E-state index is 0.485. The minimum atomic E-state index is 0.485. The second kappa shape index (κ2) is 4.03. The largest absolute Gasteiger partial charge is 0.254 e. The first-order chi connectivity index (χ1) is 7.81. The van der Waals surface area contributed by atoms with Gasteiger partial charge in [-0.15, -0.1) is 0 Å². The maximum Gasteiger partial charge on any atom is 0.189 e. The number of rotatable bonds is 3. The van der Waals surface area contributed by atoms with E-state index in [1.54, 1.807) is 6.07 Å². The van der Waals surface area contributed by atoms with E-state index in [1.807, 2.05) is 0 Å². The monoisotopic (exact) mass is 253 g/mol. The zero-order valence-electron chi connectivity index (χ0n) is 8.22. The Labute approximate surface area is 101 Å². The molecule has 3 rings (SSSR count). The summed E-state index contributed by atoms with van der Waals surface area (Å²) in [6.45, 7) is 0. The fourth-order valence-electron chi connectivity index (χ4n) is 1.33. The highest BCUT2D eigenvalue weighted by molar-refractivity contribution is 7.99. The Morgan fingerprint density at radius 2 is 2.25 bits per heavy atom. The predicted octanol–water partition coefficient (Wildman–Crippen LogP) is 2.28. The SMILES string of the molecule is Clc1cc(Sc2ncn[nH]2)nc(C2CC2)n1. The summed E-state index contributed by atoms with van der Waals surface area (Å²) in [5, 5.41) is 8.54. The van der Waals surface area contributed by atoms with E-state index in [0.29, 0.717) is 16.2 Å². The van der Waals surface area contributed by atoms with Crippen molar-refractivity contribution in [1.29, 1.82) is 0 Å². The molecule has 1 saturated carbocycles. The predicted molar refractivity (Wildman–Crippen MR) is 59.5 cm³/mol. The molecule has 1 N–H and O–H groups in total. The fraction of sp³-hybridized carbons (Fsp3) is 0.333. The van der Waals surface area contributed by atoms with Crippen molar-refractivity contribution in [3.63, 3.8) is 0 Å². The van der Waals surface area contributed by atoms with Gasteiger partial charge in [-0.05, 0) is 24.6 Å². The van der Waals surface area contributed by atoms with E-state index in [1.165, 1.54) is 18.1 Å². The average Bonchev–Trinajstić information content (AvgIpc) is 2.98. The van der Waals surface area contributed by atoms with Crippen molar-refractivity contribution < 1.29 is 0 Å². The van der Waals surface area contributed by atoms with Crippen LogP contribution in [0.25, 0.3) is 0 Å². The average molecular weight is 254 g/mol. The number of nitrogens with one attached hydrogen (secondary N) is 1. The smallest absolute Gasteiger partial charge is 0.189 e. The number of H-pyrrole nitrogens is 1. The van der Waals surface area contributed by atoms with Crippen LogP contribution < -0.4 is 0 Å². The summed E-state index contributed by atoms with van der Waals surface area (Å²) < 4.78 is 0. The van der Waals surface area contributed by atoms with E-state index < -0.39 is 0 Å². The molecular weight excluding hydrogens is 246 g/mol. The Hall–Kier alpha value is -1.14. The van der Waals surface area contributed by atoms with Crippen LogP contribution >= 0.6 is 23.4 Å². The van der Waals surface area contributed by atoms with Gasteiger partial charge in [-0.3, -0.25) is 5.10 Å². The van der Waals surface area contributed by atoms with Crippen LogP contribution in [0.4, 0.5) is 0 Å². The molecular formula is C9H8ClN5S. The van der Waals surface area contributed by atoms with Gasteiger partial charge in [0.15, 0.2) is 5.16 Å². The standard InChI is InChI=1S/C9H8ClN5S/c10-6-3-7(16-9-11-4-12-15-9)14-8(13-6)5-1-2-5/h3-5H,1-2H2,(H,11,12,15). The molecule has 1 aliphatic rings. The van der Waals surface area contributed by atoms with Gasteiger partial charge in [0, 0.05) is 12.0 Å². The number of aromatic amines is 1. The van der Waals surface area contributed by atoms with Gasteiger partial charge in [0.25, 0.3) is 0 Å². The lowest BCUT2D eigenvalue weighted by atomic mass is 10.4. The van der Waals surface area contributed by atoms with E-state index >= 15 is 0 Å². The van der Waals surface area contributed by atoms with E-state index in [4.69, 9.17) is 11.6 Å². The van der Waals surface area contributed by atoms with Crippen molar-refractivity contribution in [3.8, 4) is 0 Å². The van der Waals surface area contributed by atoms with Crippen LogP contribution in [-0.4, -0.2) is 25.1 Å². The highest BCUT2D eigenvalue weighted by Gasteiger charge is 2.27. The van der Waals surface area contributed by atoms with Crippen molar-refractivity contribution in [2.75, 3.05) is 0 Å². The number of hydrogen-bond acceptors (Lipinski definition) is 5. The molecule has 0 unspecified atom stereocenters. The van der Waals surface area contributed by atoms with Gasteiger partial charge in [-0.25, -0.2) is 15.0 Å². The summed E-state index contributed by atoms with van der Waals surface area (Å²) in [4.78, 5) is 12.7. The van der Waals surface area contributed by atoms with Crippen LogP contribution in [0.1, 0.15) is 24.6 Å². The minimum Gasteiger partial charge on any atom is -0.254 e. The van der Waals surface area contributed by atoms with Crippen LogP contribution in [0.5, 0.6) is 0 Å². The molecule has 82 valence electrons. The fourth-order valence-corrected chi connectivity index (χ4v) is 2.29. The van der Waals surface area contributed by atoms with Crippen molar-refractivity contribution in [2.45, 2.75) is 28.9 Å². The molecule has 2 aromatic heterocycles. The Kier molecular flexibility index (Phi) is 2.53. The molecule has 0 spiro atoms. The second-order valence-electron chi connectivity index (χ2n) is 3.55. The Balaban J connectivity index is 1.88. The molecule has 2 aromatic rings. The molecule has 1 aliphatic carbocycles. The summed E-state index contributed by atoms with van der Waals surface area (Å²) in [5.74, 6) is 1.34. The molecule has 0 aromatic carbocycles. The summed E-state index contributed by atoms with van der Waals surface area (Å²) in [6, 6.07) is 1.74. The van der Waals surface area contributed by atoms with Crippen molar-refractivity contribution in [1.82, 2.24) is 25.1 Å². The van der Waals surface area contributed by atoms with E-state index in [2.05, 4.69) is 25.1 Å². The van der Waals surface area contributed by atoms with Gasteiger partial charge < -0.3 is 0 Å². The number of halogens is 1. The Morgan fingerprint density at radius 3 is 2.94 bits per heavy atom. The topological polar surface area (TPSA) is 67.3 Å². The highest BCUT2D eigenvalue weighted by Crippen LogP contribution is 2.39. The zero-order chi connectivity index (χ0) is 11.0. The van der Waals surface area contributed by atoms with Crippen molar-refractivity contribution in [3.05, 3.63) is 23.4 Å². The zero-order valence-corrected chi connectivity index (χ0v) is 9.79. The van der Waals surface area contributed by atoms with Crippen LogP contribution in [0.3, 0.4) is 0 Å². The molecule has 5 nitrogen and oxygen atoms in total. The van der Waals surface area contributed by atoms with Gasteiger partial charge in [0.05, 0.1) is 0 Å². The molecule has 16 heavy (non-hydrogen) atoms. The molecule has 2 heterocycles. The van der Waals surface area contributed by atoms with Gasteiger partial charge >= 0.3 is 0 Å². The Bertz CT molecular complexity index is 497. The third kappa shape index (κ3) is 2.17. The highest BCUT2D eigenvalue weighted by atomic mass is 35.5. The molecule has 0 aliphatic heterocycles. The lowest BCUT2D eigenvalue weighted by molar-refractivity contribution is 0.874. The lowest BCUT2D eigenvalue weighted by Crippen LogP contribution is -1.94. The normalized spacial score (nSPS) is 15.3. The number of nitrogens with zero attached hydrogens (tertiary/aromatic N) is 4. The summed E-state index contributed by atoms with van der Waals surface area (Å²) >= 11 is 7.35. The quantitative estimate of drug-likeness (QED) is 0.850. The van der Waals surface area contributed by atoms with Crippen LogP contribution in [0.2, 0.25) is 5.15 Å². The molecule has 0 bridgehead atoms. The van der Waals surface area contributed by atoms with Gasteiger partial charge in [0.1, 0.15) is 22.3 Å². The van der Waals surface area contributed by atoms with Crippen molar-refractivity contribution >= 4 is 23.4 Å². The van der Waals surface area contributed by atoms with E-state index in [9.17, 15) is 0 Å². The molecule has 0 atom stereocenters. The first-order valence-corrected chi connectivity index (χ1v) is 6.08. The van der Waals surface area contributed by atoms with Gasteiger partial charge in [-0.1, -0.05) is 11.6 Å². The summed E-state index contributed by atoms with van der Waals surface area (Å²) in [5.41, 5.74) is 0. The van der Waals surface area contributed by atoms with Gasteiger partial charge in [0.2, 0.25) is 0 Å². The maximum absolute atomic E-state index is 5.95. The first-order valence-electron chi connectivity index (χ1n) is 4.89. The number of aromatic nitrogens is 5. The number of hydrogen-bond donors (Lipinski definition) is 1. The van der Waals surface area contributed by atoms with Gasteiger partial charge in [-0.2, -0.15) is 5.10 Å². The maximum atomic E-state index is 5.95. The third-order valence-corrected chi connectivity index (χ3v) is 3.23. The molecule has 1 fully saturated rings. The lowest BCUT2D eigenvalue weighted by Gasteiger charge is -2.01. The second-order valence-corrected chi connectivity index (χ2v) is 4.95. The van der Waals surface area contributed by atoms with E-state index in [0.717, 1.165) is 23.7 Å². The summed E-state index contributed by atoms with van der Waals surface area (Å²) in [6.07, 6.45) is 3.78. The summed E-state index contributed by atoms with van der Waals surface area (Å²) in [7, 11) is 0. The molecule has 0 radical (unpaired) electrons. The van der Waals surface area contributed by atoms with Crippen LogP contribution in [0, 0.1) is 0 Å². The first kappa shape index (κ1) is 10.0. The molecule has 0 saturated heterocycles. The Morgan fingerprint density at radius 1 is 1.38 bits per heavy atom. The molecule has 0 amide bonds.